The zero-order chi connectivity index (χ0) is 25.8. The van der Waals surface area contributed by atoms with E-state index in [9.17, 15) is 4.79 Å². The molecule has 4 rings (SSSR count). The van der Waals surface area contributed by atoms with Crippen LogP contribution in [0.4, 0.5) is 10.5 Å². The molecule has 8 heteroatoms. The molecule has 3 aromatic carbocycles. The van der Waals surface area contributed by atoms with Crippen LogP contribution in [0.15, 0.2) is 65.3 Å². The minimum absolute atomic E-state index is 0.401. The Bertz CT molecular complexity index is 1420. The van der Waals surface area contributed by atoms with Crippen LogP contribution < -0.4 is 19.5 Å². The number of pyridine rings is 1. The molecule has 186 valence electrons. The number of fused-ring (bicyclic) bond motifs is 1. The fourth-order valence-corrected chi connectivity index (χ4v) is 4.23. The third kappa shape index (κ3) is 5.54. The Morgan fingerprint density at radius 1 is 0.917 bits per heavy atom. The predicted molar refractivity (Wildman–Crippen MR) is 143 cm³/mol. The molecule has 0 aliphatic rings. The number of aromatic nitrogens is 1. The summed E-state index contributed by atoms with van der Waals surface area (Å²) in [5, 5.41) is 3.64. The Balaban J connectivity index is 1.53. The number of aryl methyl sites for hydroxylation is 2. The molecule has 7 nitrogen and oxygen atoms in total. The average Bonchev–Trinajstić information content (AvgIpc) is 2.86. The summed E-state index contributed by atoms with van der Waals surface area (Å²) in [7, 11) is 3.17. The number of halogens is 1. The highest BCUT2D eigenvalue weighted by Gasteiger charge is 2.16. The van der Waals surface area contributed by atoms with Crippen molar-refractivity contribution in [3.05, 3.63) is 82.0 Å². The Hall–Kier alpha value is -3.78. The highest BCUT2D eigenvalue weighted by molar-refractivity contribution is 9.10. The molecular formula is C28H27BrN2O5. The Labute approximate surface area is 218 Å². The van der Waals surface area contributed by atoms with E-state index in [1.807, 2.05) is 69.3 Å². The van der Waals surface area contributed by atoms with Gasteiger partial charge in [0.2, 0.25) is 0 Å². The van der Waals surface area contributed by atoms with Crippen LogP contribution >= 0.6 is 15.9 Å². The van der Waals surface area contributed by atoms with Crippen molar-refractivity contribution in [2.24, 2.45) is 0 Å². The first-order chi connectivity index (χ1) is 17.3. The van der Waals surface area contributed by atoms with Crippen molar-refractivity contribution in [3.63, 3.8) is 0 Å². The smallest absolute Gasteiger partial charge is 0.412 e. The van der Waals surface area contributed by atoms with Crippen LogP contribution in [-0.2, 0) is 4.74 Å². The van der Waals surface area contributed by atoms with Crippen molar-refractivity contribution in [2.45, 2.75) is 26.9 Å². The average molecular weight is 551 g/mol. The fourth-order valence-electron chi connectivity index (χ4n) is 3.82. The minimum Gasteiger partial charge on any atom is -0.493 e. The van der Waals surface area contributed by atoms with Crippen molar-refractivity contribution >= 4 is 38.6 Å². The molecular weight excluding hydrogens is 524 g/mol. The van der Waals surface area contributed by atoms with Crippen LogP contribution in [0.2, 0.25) is 0 Å². The van der Waals surface area contributed by atoms with Gasteiger partial charge in [0, 0.05) is 27.8 Å². The lowest BCUT2D eigenvalue weighted by molar-refractivity contribution is 0.121. The van der Waals surface area contributed by atoms with Crippen molar-refractivity contribution < 1.29 is 23.7 Å². The molecule has 0 spiro atoms. The number of carbonyl (C=O) groups excluding carboxylic acids is 1. The van der Waals surface area contributed by atoms with Crippen LogP contribution in [0, 0.1) is 13.8 Å². The van der Waals surface area contributed by atoms with Gasteiger partial charge in [-0.1, -0.05) is 28.1 Å². The summed E-state index contributed by atoms with van der Waals surface area (Å²) in [5.74, 6) is 2.48. The van der Waals surface area contributed by atoms with Crippen molar-refractivity contribution in [2.75, 3.05) is 19.5 Å². The SMILES string of the molecule is COc1cc2nccc(Oc3cc(C)c(NC(=O)OC(C)c4cccc(Br)c4)cc3C)c2cc1OC. The maximum atomic E-state index is 12.6. The molecule has 0 fully saturated rings. The van der Waals surface area contributed by atoms with E-state index in [2.05, 4.69) is 26.2 Å². The number of carbonyl (C=O) groups is 1. The fraction of sp³-hybridized carbons (Fsp3) is 0.214. The van der Waals surface area contributed by atoms with Gasteiger partial charge in [0.1, 0.15) is 17.6 Å². The molecule has 36 heavy (non-hydrogen) atoms. The number of nitrogens with zero attached hydrogens (tertiary/aromatic N) is 1. The summed E-state index contributed by atoms with van der Waals surface area (Å²) in [4.78, 5) is 17.0. The van der Waals surface area contributed by atoms with E-state index in [-0.39, 0.29) is 0 Å². The predicted octanol–water partition coefficient (Wildman–Crippen LogP) is 7.73. The highest BCUT2D eigenvalue weighted by atomic mass is 79.9. The van der Waals surface area contributed by atoms with E-state index >= 15 is 0 Å². The molecule has 0 saturated carbocycles. The number of hydrogen-bond donors (Lipinski definition) is 1. The summed E-state index contributed by atoms with van der Waals surface area (Å²) in [6.45, 7) is 5.65. The van der Waals surface area contributed by atoms with Crippen LogP contribution in [-0.4, -0.2) is 25.3 Å². The van der Waals surface area contributed by atoms with Crippen molar-refractivity contribution in [3.8, 4) is 23.0 Å². The van der Waals surface area contributed by atoms with E-state index in [1.165, 1.54) is 0 Å². The van der Waals surface area contributed by atoms with E-state index in [0.29, 0.717) is 28.7 Å². The van der Waals surface area contributed by atoms with E-state index in [4.69, 9.17) is 18.9 Å². The molecule has 1 amide bonds. The van der Waals surface area contributed by atoms with Crippen LogP contribution in [0.3, 0.4) is 0 Å². The van der Waals surface area contributed by atoms with E-state index < -0.39 is 12.2 Å². The number of hydrogen-bond acceptors (Lipinski definition) is 6. The zero-order valence-corrected chi connectivity index (χ0v) is 22.3. The number of amides is 1. The summed E-state index contributed by atoms with van der Waals surface area (Å²) < 4.78 is 23.6. The van der Waals surface area contributed by atoms with Gasteiger partial charge in [-0.25, -0.2) is 4.79 Å². The maximum Gasteiger partial charge on any atom is 0.412 e. The number of nitrogens with one attached hydrogen (secondary N) is 1. The first-order valence-electron chi connectivity index (χ1n) is 11.3. The number of methoxy groups -OCH3 is 2. The molecule has 1 heterocycles. The molecule has 0 aliphatic carbocycles. The van der Waals surface area contributed by atoms with Gasteiger partial charge in [0.05, 0.1) is 19.7 Å². The quantitative estimate of drug-likeness (QED) is 0.253. The number of benzene rings is 3. The van der Waals surface area contributed by atoms with E-state index in [1.54, 1.807) is 26.5 Å². The van der Waals surface area contributed by atoms with Gasteiger partial charge in [-0.15, -0.1) is 0 Å². The second-order valence-electron chi connectivity index (χ2n) is 8.30. The molecule has 0 bridgehead atoms. The Morgan fingerprint density at radius 2 is 1.67 bits per heavy atom. The standard InChI is InChI=1S/C28H27BrN2O5/c1-16-12-25(36-24-9-10-30-23-15-27(34-5)26(33-4)14-21(23)24)17(2)11-22(16)31-28(32)35-18(3)19-7-6-8-20(29)13-19/h6-15,18H,1-5H3,(H,31,32). The molecule has 1 aromatic heterocycles. The number of rotatable bonds is 7. The first-order valence-corrected chi connectivity index (χ1v) is 12.1. The molecule has 1 unspecified atom stereocenters. The van der Waals surface area contributed by atoms with Crippen LogP contribution in [0.5, 0.6) is 23.0 Å². The summed E-state index contributed by atoms with van der Waals surface area (Å²) in [5.41, 5.74) is 3.95. The molecule has 0 aliphatic heterocycles. The molecule has 1 atom stereocenters. The molecule has 1 N–H and O–H groups in total. The largest absolute Gasteiger partial charge is 0.493 e. The van der Waals surface area contributed by atoms with Gasteiger partial charge in [-0.05, 0) is 73.9 Å². The zero-order valence-electron chi connectivity index (χ0n) is 20.7. The highest BCUT2D eigenvalue weighted by Crippen LogP contribution is 2.38. The van der Waals surface area contributed by atoms with Crippen LogP contribution in [0.25, 0.3) is 10.9 Å². The summed E-state index contributed by atoms with van der Waals surface area (Å²) in [6, 6.07) is 16.9. The normalized spacial score (nSPS) is 11.6. The molecule has 0 saturated heterocycles. The van der Waals surface area contributed by atoms with Gasteiger partial charge in [0.15, 0.2) is 11.5 Å². The molecule has 4 aromatic rings. The first kappa shape index (κ1) is 25.3. The summed E-state index contributed by atoms with van der Waals surface area (Å²) >= 11 is 3.44. The second-order valence-corrected chi connectivity index (χ2v) is 9.21. The van der Waals surface area contributed by atoms with Crippen molar-refractivity contribution in [1.82, 2.24) is 4.98 Å². The number of ether oxygens (including phenoxy) is 4. The minimum atomic E-state index is -0.528. The third-order valence-corrected chi connectivity index (χ3v) is 6.28. The maximum absolute atomic E-state index is 12.6. The Morgan fingerprint density at radius 3 is 2.39 bits per heavy atom. The topological polar surface area (TPSA) is 78.9 Å². The van der Waals surface area contributed by atoms with Gasteiger partial charge in [-0.2, -0.15) is 0 Å². The van der Waals surface area contributed by atoms with Gasteiger partial charge >= 0.3 is 6.09 Å². The van der Waals surface area contributed by atoms with Gasteiger partial charge in [0.25, 0.3) is 0 Å². The summed E-state index contributed by atoms with van der Waals surface area (Å²) in [6.07, 6.45) is 0.756. The van der Waals surface area contributed by atoms with Gasteiger partial charge < -0.3 is 18.9 Å². The third-order valence-electron chi connectivity index (χ3n) is 5.79. The lowest BCUT2D eigenvalue weighted by atomic mass is 10.1. The molecule has 0 radical (unpaired) electrons. The second kappa shape index (κ2) is 10.9. The lowest BCUT2D eigenvalue weighted by Crippen LogP contribution is -2.16. The van der Waals surface area contributed by atoms with Crippen LogP contribution in [0.1, 0.15) is 29.7 Å². The van der Waals surface area contributed by atoms with Crippen molar-refractivity contribution in [1.29, 1.82) is 0 Å². The lowest BCUT2D eigenvalue weighted by Gasteiger charge is -2.17. The van der Waals surface area contributed by atoms with E-state index in [0.717, 1.165) is 32.1 Å². The number of anilines is 1. The monoisotopic (exact) mass is 550 g/mol. The van der Waals surface area contributed by atoms with Gasteiger partial charge in [-0.3, -0.25) is 10.3 Å². The Kier molecular flexibility index (Phi) is 7.64.